The number of hydrogen-bond donors (Lipinski definition) is 1. The van der Waals surface area contributed by atoms with Crippen molar-refractivity contribution in [3.05, 3.63) is 48.2 Å². The van der Waals surface area contributed by atoms with E-state index in [1.54, 1.807) is 0 Å². The maximum atomic E-state index is 4.77. The first-order valence-electron chi connectivity index (χ1n) is 9.76. The van der Waals surface area contributed by atoms with E-state index in [1.807, 2.05) is 42.9 Å². The van der Waals surface area contributed by atoms with Crippen LogP contribution in [0.5, 0.6) is 0 Å². The molecule has 0 saturated carbocycles. The molecule has 0 unspecified atom stereocenters. The molecule has 0 atom stereocenters. The molecule has 148 valence electrons. The Morgan fingerprint density at radius 2 is 1.97 bits per heavy atom. The molecule has 1 N–H and O–H groups in total. The molecule has 0 radical (unpaired) electrons. The molecule has 1 aliphatic rings. The van der Waals surface area contributed by atoms with E-state index in [2.05, 4.69) is 41.8 Å². The number of nitrogens with one attached hydrogen (secondary N) is 1. The van der Waals surface area contributed by atoms with Gasteiger partial charge in [0.2, 0.25) is 11.1 Å². The van der Waals surface area contributed by atoms with Crippen molar-refractivity contribution in [1.29, 1.82) is 0 Å². The molecular formula is C20H22N8S. The zero-order valence-electron chi connectivity index (χ0n) is 16.4. The predicted molar refractivity (Wildman–Crippen MR) is 114 cm³/mol. The molecule has 9 heteroatoms. The van der Waals surface area contributed by atoms with Gasteiger partial charge in [0, 0.05) is 59.9 Å². The molecule has 1 fully saturated rings. The Labute approximate surface area is 172 Å². The van der Waals surface area contributed by atoms with E-state index in [4.69, 9.17) is 4.98 Å². The Balaban J connectivity index is 1.31. The normalized spacial score (nSPS) is 15.2. The number of nitrogens with zero attached hydrogens (tertiary/aromatic N) is 7. The van der Waals surface area contributed by atoms with Gasteiger partial charge in [-0.05, 0) is 44.9 Å². The third-order valence-electron chi connectivity index (χ3n) is 5.20. The second kappa shape index (κ2) is 7.40. The minimum Gasteiger partial charge on any atom is -0.350 e. The smallest absolute Gasteiger partial charge is 0.243 e. The van der Waals surface area contributed by atoms with Crippen molar-refractivity contribution in [2.45, 2.75) is 32.7 Å². The van der Waals surface area contributed by atoms with E-state index in [-0.39, 0.29) is 0 Å². The Bertz CT molecular complexity index is 1130. The van der Waals surface area contributed by atoms with Crippen LogP contribution < -0.4 is 10.2 Å². The first-order chi connectivity index (χ1) is 14.2. The van der Waals surface area contributed by atoms with Crippen LogP contribution in [-0.4, -0.2) is 48.1 Å². The highest BCUT2D eigenvalue weighted by Crippen LogP contribution is 2.25. The second-order valence-electron chi connectivity index (χ2n) is 7.34. The van der Waals surface area contributed by atoms with Crippen molar-refractivity contribution >= 4 is 28.3 Å². The number of piperidine rings is 1. The van der Waals surface area contributed by atoms with Crippen LogP contribution >= 0.6 is 11.5 Å². The van der Waals surface area contributed by atoms with E-state index in [9.17, 15) is 0 Å². The summed E-state index contributed by atoms with van der Waals surface area (Å²) in [5.74, 6) is 1.52. The van der Waals surface area contributed by atoms with Crippen molar-refractivity contribution < 1.29 is 0 Å². The lowest BCUT2D eigenvalue weighted by molar-refractivity contribution is 0.523. The van der Waals surface area contributed by atoms with Gasteiger partial charge in [0.1, 0.15) is 5.82 Å². The highest BCUT2D eigenvalue weighted by Gasteiger charge is 2.22. The molecule has 5 heterocycles. The topological polar surface area (TPSA) is 84.1 Å². The average Bonchev–Trinajstić information content (AvgIpc) is 3.35. The summed E-state index contributed by atoms with van der Waals surface area (Å²) >= 11 is 1.48. The molecule has 5 rings (SSSR count). The lowest BCUT2D eigenvalue weighted by Crippen LogP contribution is -2.39. The van der Waals surface area contributed by atoms with Crippen molar-refractivity contribution in [2.24, 2.45) is 0 Å². The van der Waals surface area contributed by atoms with Gasteiger partial charge in [-0.25, -0.2) is 9.50 Å². The molecule has 1 saturated heterocycles. The van der Waals surface area contributed by atoms with E-state index in [0.29, 0.717) is 12.0 Å². The minimum atomic E-state index is 0.349. The van der Waals surface area contributed by atoms with Crippen LogP contribution in [0.1, 0.15) is 24.4 Å². The fraction of sp³-hybridized carbons (Fsp3) is 0.350. The lowest BCUT2D eigenvalue weighted by atomic mass is 10.1. The number of rotatable bonds is 4. The first kappa shape index (κ1) is 18.0. The van der Waals surface area contributed by atoms with Gasteiger partial charge < -0.3 is 10.2 Å². The monoisotopic (exact) mass is 406 g/mol. The van der Waals surface area contributed by atoms with Crippen LogP contribution in [0.15, 0.2) is 36.7 Å². The molecule has 0 aliphatic carbocycles. The number of anilines is 2. The van der Waals surface area contributed by atoms with Crippen LogP contribution in [0.2, 0.25) is 0 Å². The van der Waals surface area contributed by atoms with E-state index in [0.717, 1.165) is 59.4 Å². The number of hydrogen-bond acceptors (Lipinski definition) is 8. The van der Waals surface area contributed by atoms with Crippen LogP contribution in [0.3, 0.4) is 0 Å². The molecular weight excluding hydrogens is 384 g/mol. The van der Waals surface area contributed by atoms with Gasteiger partial charge in [-0.1, -0.05) is 6.07 Å². The summed E-state index contributed by atoms with van der Waals surface area (Å²) < 4.78 is 6.12. The van der Waals surface area contributed by atoms with Gasteiger partial charge in [-0.3, -0.25) is 4.98 Å². The van der Waals surface area contributed by atoms with Gasteiger partial charge in [0.05, 0.1) is 0 Å². The minimum absolute atomic E-state index is 0.349. The molecule has 29 heavy (non-hydrogen) atoms. The highest BCUT2D eigenvalue weighted by atomic mass is 32.1. The molecule has 0 aromatic carbocycles. The number of aryl methyl sites for hydroxylation is 2. The Hall–Kier alpha value is -3.07. The summed E-state index contributed by atoms with van der Waals surface area (Å²) in [6, 6.07) is 8.49. The lowest BCUT2D eigenvalue weighted by Gasteiger charge is -2.31. The van der Waals surface area contributed by atoms with E-state index < -0.39 is 0 Å². The Kier molecular flexibility index (Phi) is 4.59. The molecule has 4 aromatic rings. The van der Waals surface area contributed by atoms with Gasteiger partial charge >= 0.3 is 0 Å². The molecule has 0 amide bonds. The van der Waals surface area contributed by atoms with E-state index >= 15 is 0 Å². The molecule has 8 nitrogen and oxygen atoms in total. The zero-order valence-corrected chi connectivity index (χ0v) is 17.2. The largest absolute Gasteiger partial charge is 0.350 e. The zero-order chi connectivity index (χ0) is 19.8. The summed E-state index contributed by atoms with van der Waals surface area (Å²) in [5, 5.41) is 9.17. The van der Waals surface area contributed by atoms with Crippen molar-refractivity contribution in [3.63, 3.8) is 0 Å². The van der Waals surface area contributed by atoms with Gasteiger partial charge in [0.25, 0.3) is 0 Å². The van der Waals surface area contributed by atoms with Crippen molar-refractivity contribution in [2.75, 3.05) is 23.3 Å². The summed E-state index contributed by atoms with van der Waals surface area (Å²) in [4.78, 5) is 16.0. The Morgan fingerprint density at radius 1 is 1.10 bits per heavy atom. The fourth-order valence-electron chi connectivity index (χ4n) is 3.63. The Morgan fingerprint density at radius 3 is 2.69 bits per heavy atom. The summed E-state index contributed by atoms with van der Waals surface area (Å²) in [6.45, 7) is 5.84. The summed E-state index contributed by atoms with van der Waals surface area (Å²) in [5.41, 5.74) is 3.91. The van der Waals surface area contributed by atoms with E-state index in [1.165, 1.54) is 11.5 Å². The second-order valence-corrected chi connectivity index (χ2v) is 8.07. The van der Waals surface area contributed by atoms with Crippen LogP contribution in [-0.2, 0) is 0 Å². The van der Waals surface area contributed by atoms with Gasteiger partial charge in [-0.15, -0.1) is 5.10 Å². The van der Waals surface area contributed by atoms with Crippen LogP contribution in [0.25, 0.3) is 16.8 Å². The standard InChI is InChI=1S/C20H22N8S/c1-13-5-6-15(12-21-13)17-4-3-9-28-18(17)24-19(25-28)23-16-7-10-27(11-8-16)20-22-14(2)26-29-20/h3-6,9,12,16H,7-8,10-11H2,1-2H3,(H,23,25). The highest BCUT2D eigenvalue weighted by molar-refractivity contribution is 7.09. The molecule has 1 aliphatic heterocycles. The molecule has 0 spiro atoms. The quantitative estimate of drug-likeness (QED) is 0.556. The SMILES string of the molecule is Cc1ccc(-c2cccn3nc(NC4CCN(c5nc(C)ns5)CC4)nc23)cn1. The third-order valence-corrected chi connectivity index (χ3v) is 6.07. The molecule has 0 bridgehead atoms. The molecule has 4 aromatic heterocycles. The van der Waals surface area contributed by atoms with Gasteiger partial charge in [0.15, 0.2) is 5.65 Å². The number of aromatic nitrogens is 6. The first-order valence-corrected chi connectivity index (χ1v) is 10.5. The van der Waals surface area contributed by atoms with Crippen molar-refractivity contribution in [1.82, 2.24) is 28.9 Å². The summed E-state index contributed by atoms with van der Waals surface area (Å²) in [7, 11) is 0. The maximum absolute atomic E-state index is 4.77. The average molecular weight is 407 g/mol. The maximum Gasteiger partial charge on any atom is 0.243 e. The fourth-order valence-corrected chi connectivity index (χ4v) is 4.36. The van der Waals surface area contributed by atoms with Crippen LogP contribution in [0, 0.1) is 13.8 Å². The van der Waals surface area contributed by atoms with Crippen LogP contribution in [0.4, 0.5) is 11.1 Å². The predicted octanol–water partition coefficient (Wildman–Crippen LogP) is 3.34. The van der Waals surface area contributed by atoms with Gasteiger partial charge in [-0.2, -0.15) is 9.36 Å². The van der Waals surface area contributed by atoms with Crippen molar-refractivity contribution in [3.8, 4) is 11.1 Å². The number of fused-ring (bicyclic) bond motifs is 1. The number of pyridine rings is 2. The summed E-state index contributed by atoms with van der Waals surface area (Å²) in [6.07, 6.45) is 5.85. The third kappa shape index (κ3) is 3.65.